The molecular formula is C15H25N5O2. The van der Waals surface area contributed by atoms with Crippen molar-refractivity contribution in [3.8, 4) is 0 Å². The largest absolute Gasteiger partial charge is 0.373 e. The molecule has 1 saturated carbocycles. The second kappa shape index (κ2) is 6.66. The zero-order valence-electron chi connectivity index (χ0n) is 13.1. The Morgan fingerprint density at radius 3 is 3.05 bits per heavy atom. The molecule has 7 heteroatoms. The van der Waals surface area contributed by atoms with Gasteiger partial charge in [0.1, 0.15) is 0 Å². The first-order valence-corrected chi connectivity index (χ1v) is 8.04. The molecule has 0 spiro atoms. The van der Waals surface area contributed by atoms with Crippen LogP contribution in [0, 0.1) is 0 Å². The molecule has 7 nitrogen and oxygen atoms in total. The summed E-state index contributed by atoms with van der Waals surface area (Å²) >= 11 is 0. The van der Waals surface area contributed by atoms with Gasteiger partial charge in [0, 0.05) is 26.7 Å². The predicted octanol–water partition coefficient (Wildman–Crippen LogP) is 0.557. The Morgan fingerprint density at radius 1 is 1.55 bits per heavy atom. The molecule has 22 heavy (non-hydrogen) atoms. The topological polar surface area (TPSA) is 85.4 Å². The van der Waals surface area contributed by atoms with Crippen LogP contribution in [0.4, 0.5) is 4.79 Å². The van der Waals surface area contributed by atoms with Gasteiger partial charge in [-0.3, -0.25) is 4.68 Å². The van der Waals surface area contributed by atoms with Gasteiger partial charge in [-0.2, -0.15) is 5.10 Å². The Labute approximate surface area is 130 Å². The Kier molecular flexibility index (Phi) is 4.63. The standard InChI is InChI=1S/C15H25N5O2/c1-19-14(13(8-18-19)11-3-2-4-11)9-17-15(21)20-5-6-22-12(7-16)10-20/h8,11-12H,2-7,9-10,16H2,1H3,(H,17,21). The van der Waals surface area contributed by atoms with Crippen LogP contribution in [0.25, 0.3) is 0 Å². The molecule has 3 rings (SSSR count). The fourth-order valence-electron chi connectivity index (χ4n) is 3.07. The summed E-state index contributed by atoms with van der Waals surface area (Å²) in [5, 5.41) is 7.36. The lowest BCUT2D eigenvalue weighted by Gasteiger charge is -2.32. The SMILES string of the molecule is Cn1ncc(C2CCC2)c1CNC(=O)N1CCOC(CN)C1. The van der Waals surface area contributed by atoms with E-state index in [0.29, 0.717) is 38.7 Å². The van der Waals surface area contributed by atoms with Gasteiger partial charge >= 0.3 is 6.03 Å². The number of nitrogens with zero attached hydrogens (tertiary/aromatic N) is 3. The molecule has 1 atom stereocenters. The summed E-state index contributed by atoms with van der Waals surface area (Å²) in [6.45, 7) is 2.68. The van der Waals surface area contributed by atoms with Crippen LogP contribution >= 0.6 is 0 Å². The quantitative estimate of drug-likeness (QED) is 0.851. The van der Waals surface area contributed by atoms with E-state index in [4.69, 9.17) is 10.5 Å². The number of carbonyl (C=O) groups excluding carboxylic acids is 1. The third-order valence-electron chi connectivity index (χ3n) is 4.73. The minimum atomic E-state index is -0.0539. The first kappa shape index (κ1) is 15.3. The zero-order valence-corrected chi connectivity index (χ0v) is 13.1. The van der Waals surface area contributed by atoms with E-state index in [2.05, 4.69) is 10.4 Å². The van der Waals surface area contributed by atoms with Crippen LogP contribution in [0.15, 0.2) is 6.20 Å². The van der Waals surface area contributed by atoms with E-state index in [-0.39, 0.29) is 12.1 Å². The van der Waals surface area contributed by atoms with Crippen molar-refractivity contribution in [2.45, 2.75) is 37.8 Å². The van der Waals surface area contributed by atoms with Crippen LogP contribution in [0.3, 0.4) is 0 Å². The number of aryl methyl sites for hydroxylation is 1. The van der Waals surface area contributed by atoms with Crippen LogP contribution < -0.4 is 11.1 Å². The molecule has 0 radical (unpaired) electrons. The highest BCUT2D eigenvalue weighted by molar-refractivity contribution is 5.74. The molecule has 2 aliphatic rings. The van der Waals surface area contributed by atoms with Crippen molar-refractivity contribution in [2.24, 2.45) is 12.8 Å². The summed E-state index contributed by atoms with van der Waals surface area (Å²) in [5.41, 5.74) is 8.02. The van der Waals surface area contributed by atoms with Gasteiger partial charge in [0.05, 0.1) is 31.1 Å². The summed E-state index contributed by atoms with van der Waals surface area (Å²) in [5.74, 6) is 0.616. The normalized spacial score (nSPS) is 22.5. The summed E-state index contributed by atoms with van der Waals surface area (Å²) in [6, 6.07) is -0.0532. The highest BCUT2D eigenvalue weighted by Gasteiger charge is 2.26. The van der Waals surface area contributed by atoms with Gasteiger partial charge in [0.2, 0.25) is 0 Å². The lowest BCUT2D eigenvalue weighted by molar-refractivity contribution is -0.00866. The Balaban J connectivity index is 1.58. The molecule has 1 aromatic rings. The van der Waals surface area contributed by atoms with E-state index in [9.17, 15) is 4.79 Å². The monoisotopic (exact) mass is 307 g/mol. The Morgan fingerprint density at radius 2 is 2.36 bits per heavy atom. The van der Waals surface area contributed by atoms with Crippen LogP contribution in [0.5, 0.6) is 0 Å². The van der Waals surface area contributed by atoms with Crippen LogP contribution in [-0.4, -0.2) is 53.1 Å². The zero-order chi connectivity index (χ0) is 15.5. The van der Waals surface area contributed by atoms with E-state index in [1.807, 2.05) is 17.9 Å². The minimum absolute atomic E-state index is 0.0532. The van der Waals surface area contributed by atoms with Crippen LogP contribution in [0.1, 0.15) is 36.4 Å². The summed E-state index contributed by atoms with van der Waals surface area (Å²) in [4.78, 5) is 14.1. The van der Waals surface area contributed by atoms with Gasteiger partial charge < -0.3 is 20.7 Å². The number of morpholine rings is 1. The van der Waals surface area contributed by atoms with Crippen molar-refractivity contribution in [1.82, 2.24) is 20.0 Å². The van der Waals surface area contributed by atoms with Gasteiger partial charge in [0.25, 0.3) is 0 Å². The fourth-order valence-corrected chi connectivity index (χ4v) is 3.07. The summed E-state index contributed by atoms with van der Waals surface area (Å²) in [6.07, 6.45) is 5.65. The molecule has 1 aliphatic carbocycles. The average molecular weight is 307 g/mol. The maximum atomic E-state index is 12.3. The lowest BCUT2D eigenvalue weighted by Crippen LogP contribution is -2.51. The molecule has 2 heterocycles. The highest BCUT2D eigenvalue weighted by Crippen LogP contribution is 2.37. The second-order valence-electron chi connectivity index (χ2n) is 6.13. The molecule has 1 aliphatic heterocycles. The fraction of sp³-hybridized carbons (Fsp3) is 0.733. The number of nitrogens with one attached hydrogen (secondary N) is 1. The third-order valence-corrected chi connectivity index (χ3v) is 4.73. The molecule has 1 aromatic heterocycles. The van der Waals surface area contributed by atoms with Gasteiger partial charge in [-0.25, -0.2) is 4.79 Å². The third kappa shape index (κ3) is 3.10. The number of hydrogen-bond donors (Lipinski definition) is 2. The second-order valence-corrected chi connectivity index (χ2v) is 6.13. The minimum Gasteiger partial charge on any atom is -0.373 e. The van der Waals surface area contributed by atoms with Crippen LogP contribution in [0.2, 0.25) is 0 Å². The molecular weight excluding hydrogens is 282 g/mol. The molecule has 2 amide bonds. The number of amides is 2. The molecule has 1 saturated heterocycles. The lowest BCUT2D eigenvalue weighted by atomic mass is 9.80. The van der Waals surface area contributed by atoms with Gasteiger partial charge in [-0.1, -0.05) is 6.42 Å². The average Bonchev–Trinajstić information content (AvgIpc) is 2.84. The van der Waals surface area contributed by atoms with Crippen molar-refractivity contribution < 1.29 is 9.53 Å². The number of aromatic nitrogens is 2. The van der Waals surface area contributed by atoms with E-state index in [1.54, 1.807) is 4.90 Å². The first-order chi connectivity index (χ1) is 10.7. The maximum Gasteiger partial charge on any atom is 0.317 e. The smallest absolute Gasteiger partial charge is 0.317 e. The summed E-state index contributed by atoms with van der Waals surface area (Å²) in [7, 11) is 1.93. The number of nitrogens with two attached hydrogens (primary N) is 1. The van der Waals surface area contributed by atoms with E-state index >= 15 is 0 Å². The van der Waals surface area contributed by atoms with Gasteiger partial charge in [0.15, 0.2) is 0 Å². The van der Waals surface area contributed by atoms with Crippen LogP contribution in [-0.2, 0) is 18.3 Å². The highest BCUT2D eigenvalue weighted by atomic mass is 16.5. The molecule has 122 valence electrons. The number of carbonyl (C=O) groups is 1. The maximum absolute atomic E-state index is 12.3. The predicted molar refractivity (Wildman–Crippen MR) is 82.4 cm³/mol. The molecule has 1 unspecified atom stereocenters. The van der Waals surface area contributed by atoms with Crippen molar-refractivity contribution in [1.29, 1.82) is 0 Å². The molecule has 0 bridgehead atoms. The van der Waals surface area contributed by atoms with Crippen molar-refractivity contribution >= 4 is 6.03 Å². The van der Waals surface area contributed by atoms with Gasteiger partial charge in [-0.05, 0) is 24.3 Å². The summed E-state index contributed by atoms with van der Waals surface area (Å²) < 4.78 is 7.36. The number of ether oxygens (including phenoxy) is 1. The van der Waals surface area contributed by atoms with Gasteiger partial charge in [-0.15, -0.1) is 0 Å². The number of hydrogen-bond acceptors (Lipinski definition) is 4. The Hall–Kier alpha value is -1.60. The molecule has 0 aromatic carbocycles. The number of rotatable bonds is 4. The van der Waals surface area contributed by atoms with E-state index < -0.39 is 0 Å². The molecule has 3 N–H and O–H groups in total. The van der Waals surface area contributed by atoms with Crippen molar-refractivity contribution in [3.63, 3.8) is 0 Å². The number of urea groups is 1. The molecule has 2 fully saturated rings. The van der Waals surface area contributed by atoms with E-state index in [1.165, 1.54) is 24.8 Å². The first-order valence-electron chi connectivity index (χ1n) is 8.04. The van der Waals surface area contributed by atoms with Crippen molar-refractivity contribution in [2.75, 3.05) is 26.2 Å². The van der Waals surface area contributed by atoms with Crippen molar-refractivity contribution in [3.05, 3.63) is 17.5 Å². The Bertz CT molecular complexity index is 526. The van der Waals surface area contributed by atoms with E-state index in [0.717, 1.165) is 5.69 Å².